The molecule has 1 aromatic rings. The molecular weight excluding hydrogens is 268 g/mol. The Morgan fingerprint density at radius 1 is 1.42 bits per heavy atom. The van der Waals surface area contributed by atoms with E-state index in [4.69, 9.17) is 15.6 Å². The Hall–Kier alpha value is -1.30. The van der Waals surface area contributed by atoms with Crippen molar-refractivity contribution in [2.24, 2.45) is 5.73 Å². The van der Waals surface area contributed by atoms with E-state index >= 15 is 0 Å². The minimum Gasteiger partial charge on any atom is -0.491 e. The topological polar surface area (TPSA) is 84.6 Å². The molecule has 1 aromatic carbocycles. The molecule has 0 aliphatic carbocycles. The van der Waals surface area contributed by atoms with Crippen LogP contribution in [0.3, 0.4) is 0 Å². The molecule has 0 aliphatic rings. The summed E-state index contributed by atoms with van der Waals surface area (Å²) in [5, 5.41) is 11.4. The summed E-state index contributed by atoms with van der Waals surface area (Å²) in [6.45, 7) is 2.55. The fourth-order valence-corrected chi connectivity index (χ4v) is 1.43. The van der Waals surface area contributed by atoms with E-state index in [-0.39, 0.29) is 37.6 Å². The van der Waals surface area contributed by atoms with Crippen LogP contribution in [0.2, 0.25) is 0 Å². The van der Waals surface area contributed by atoms with E-state index in [1.54, 1.807) is 6.92 Å². The first kappa shape index (κ1) is 17.7. The van der Waals surface area contributed by atoms with Crippen LogP contribution < -0.4 is 15.8 Å². The molecule has 0 heterocycles. The lowest BCUT2D eigenvalue weighted by molar-refractivity contribution is -0.121. The van der Waals surface area contributed by atoms with Gasteiger partial charge in [-0.1, -0.05) is 12.1 Å². The van der Waals surface area contributed by atoms with Gasteiger partial charge in [0.15, 0.2) is 0 Å². The number of carbonyl (C=O) groups is 1. The molecule has 4 N–H and O–H groups in total. The maximum atomic E-state index is 11.4. The number of amides is 1. The smallest absolute Gasteiger partial charge is 0.221 e. The number of benzene rings is 1. The molecule has 0 radical (unpaired) electrons. The summed E-state index contributed by atoms with van der Waals surface area (Å²) in [5.41, 5.74) is 6.52. The zero-order valence-corrected chi connectivity index (χ0v) is 11.8. The third-order valence-electron chi connectivity index (χ3n) is 2.28. The van der Waals surface area contributed by atoms with Crippen molar-refractivity contribution in [3.05, 3.63) is 29.8 Å². The van der Waals surface area contributed by atoms with Crippen molar-refractivity contribution in [3.63, 3.8) is 0 Å². The number of hydrogen-bond donors (Lipinski definition) is 3. The van der Waals surface area contributed by atoms with E-state index in [0.717, 1.165) is 5.56 Å². The van der Waals surface area contributed by atoms with Crippen LogP contribution >= 0.6 is 12.4 Å². The normalized spacial score (nSPS) is 11.3. The highest BCUT2D eigenvalue weighted by Crippen LogP contribution is 2.11. The van der Waals surface area contributed by atoms with Crippen molar-refractivity contribution < 1.29 is 14.6 Å². The average molecular weight is 289 g/mol. The number of nitrogens with one attached hydrogen (secondary N) is 1. The number of aliphatic hydroxyl groups is 1. The van der Waals surface area contributed by atoms with Gasteiger partial charge in [0.05, 0.1) is 6.61 Å². The van der Waals surface area contributed by atoms with Crippen LogP contribution in [0.15, 0.2) is 24.3 Å². The number of hydrogen-bond acceptors (Lipinski definition) is 4. The first-order chi connectivity index (χ1) is 8.61. The van der Waals surface area contributed by atoms with Gasteiger partial charge in [-0.25, -0.2) is 0 Å². The zero-order chi connectivity index (χ0) is 13.4. The third kappa shape index (κ3) is 7.66. The van der Waals surface area contributed by atoms with E-state index in [1.807, 2.05) is 24.3 Å². The second kappa shape index (κ2) is 9.61. The van der Waals surface area contributed by atoms with Crippen LogP contribution in [-0.4, -0.2) is 30.3 Å². The Balaban J connectivity index is 0.00000324. The molecule has 1 rings (SSSR count). The summed E-state index contributed by atoms with van der Waals surface area (Å²) in [6, 6.07) is 7.24. The first-order valence-corrected chi connectivity index (χ1v) is 5.96. The highest BCUT2D eigenvalue weighted by atomic mass is 35.5. The number of ether oxygens (including phenoxy) is 1. The minimum absolute atomic E-state index is 0. The van der Waals surface area contributed by atoms with Gasteiger partial charge in [0.2, 0.25) is 5.91 Å². The van der Waals surface area contributed by atoms with Crippen molar-refractivity contribution in [2.75, 3.05) is 13.2 Å². The summed E-state index contributed by atoms with van der Waals surface area (Å²) < 4.78 is 5.23. The number of rotatable bonds is 7. The predicted octanol–water partition coefficient (Wildman–Crippen LogP) is 0.833. The molecular formula is C13H21ClN2O3. The maximum absolute atomic E-state index is 11.4. The third-order valence-corrected chi connectivity index (χ3v) is 2.28. The number of nitrogens with two attached hydrogens (primary N) is 1. The molecule has 0 saturated heterocycles. The van der Waals surface area contributed by atoms with Crippen molar-refractivity contribution in [2.45, 2.75) is 25.9 Å². The predicted molar refractivity (Wildman–Crippen MR) is 76.4 cm³/mol. The van der Waals surface area contributed by atoms with Crippen molar-refractivity contribution in [1.29, 1.82) is 0 Å². The van der Waals surface area contributed by atoms with Crippen LogP contribution in [0, 0.1) is 0 Å². The van der Waals surface area contributed by atoms with Crippen LogP contribution in [-0.2, 0) is 11.3 Å². The Labute approximate surface area is 119 Å². The van der Waals surface area contributed by atoms with Gasteiger partial charge in [-0.15, -0.1) is 12.4 Å². The van der Waals surface area contributed by atoms with Gasteiger partial charge in [-0.2, -0.15) is 0 Å². The summed E-state index contributed by atoms with van der Waals surface area (Å²) in [7, 11) is 0. The largest absolute Gasteiger partial charge is 0.491 e. The quantitative estimate of drug-likeness (QED) is 0.694. The lowest BCUT2D eigenvalue weighted by Crippen LogP contribution is -2.29. The van der Waals surface area contributed by atoms with Crippen molar-refractivity contribution >= 4 is 18.3 Å². The maximum Gasteiger partial charge on any atom is 0.221 e. The highest BCUT2D eigenvalue weighted by molar-refractivity contribution is 5.85. The molecule has 0 fully saturated rings. The SMILES string of the molecule is CC(N)CC(=O)NCc1ccc(OCCO)cc1.Cl. The standard InChI is InChI=1S/C13H20N2O3.ClH/c1-10(14)8-13(17)15-9-11-2-4-12(5-3-11)18-7-6-16;/h2-5,10,16H,6-9,14H2,1H3,(H,15,17);1H. The number of carbonyl (C=O) groups excluding carboxylic acids is 1. The summed E-state index contributed by atoms with van der Waals surface area (Å²) in [5.74, 6) is 0.653. The van der Waals surface area contributed by atoms with E-state index in [2.05, 4.69) is 5.32 Å². The van der Waals surface area contributed by atoms with Crippen LogP contribution in [0.4, 0.5) is 0 Å². The molecule has 1 unspecified atom stereocenters. The molecule has 1 amide bonds. The monoisotopic (exact) mass is 288 g/mol. The molecule has 19 heavy (non-hydrogen) atoms. The number of halogens is 1. The van der Waals surface area contributed by atoms with Gasteiger partial charge in [0.1, 0.15) is 12.4 Å². The molecule has 1 atom stereocenters. The van der Waals surface area contributed by atoms with Gasteiger partial charge < -0.3 is 20.9 Å². The molecule has 0 aliphatic heterocycles. The molecule has 6 heteroatoms. The van der Waals surface area contributed by atoms with E-state index < -0.39 is 0 Å². The van der Waals surface area contributed by atoms with Gasteiger partial charge in [0.25, 0.3) is 0 Å². The lowest BCUT2D eigenvalue weighted by atomic mass is 10.2. The van der Waals surface area contributed by atoms with E-state index in [9.17, 15) is 4.79 Å². The van der Waals surface area contributed by atoms with Gasteiger partial charge in [-0.05, 0) is 24.6 Å². The summed E-state index contributed by atoms with van der Waals surface area (Å²) in [6.07, 6.45) is 0.331. The van der Waals surface area contributed by atoms with Crippen LogP contribution in [0.5, 0.6) is 5.75 Å². The van der Waals surface area contributed by atoms with Crippen molar-refractivity contribution in [3.8, 4) is 5.75 Å². The summed E-state index contributed by atoms with van der Waals surface area (Å²) >= 11 is 0. The van der Waals surface area contributed by atoms with Gasteiger partial charge in [0, 0.05) is 19.0 Å². The van der Waals surface area contributed by atoms with Crippen LogP contribution in [0.1, 0.15) is 18.9 Å². The Morgan fingerprint density at radius 2 is 2.05 bits per heavy atom. The molecule has 0 saturated carbocycles. The Bertz CT molecular complexity index is 369. The molecule has 0 bridgehead atoms. The number of aliphatic hydroxyl groups excluding tert-OH is 1. The Kier molecular flexibility index (Phi) is 8.95. The molecule has 108 valence electrons. The fraction of sp³-hybridized carbons (Fsp3) is 0.462. The molecule has 0 spiro atoms. The zero-order valence-electron chi connectivity index (χ0n) is 11.0. The van der Waals surface area contributed by atoms with Gasteiger partial charge in [-0.3, -0.25) is 4.79 Å². The average Bonchev–Trinajstić information content (AvgIpc) is 2.34. The van der Waals surface area contributed by atoms with E-state index in [1.165, 1.54) is 0 Å². The second-order valence-electron chi connectivity index (χ2n) is 4.17. The minimum atomic E-state index is -0.126. The highest BCUT2D eigenvalue weighted by Gasteiger charge is 2.04. The molecule has 5 nitrogen and oxygen atoms in total. The summed E-state index contributed by atoms with van der Waals surface area (Å²) in [4.78, 5) is 11.4. The van der Waals surface area contributed by atoms with Gasteiger partial charge >= 0.3 is 0 Å². The van der Waals surface area contributed by atoms with E-state index in [0.29, 0.717) is 18.7 Å². The first-order valence-electron chi connectivity index (χ1n) is 5.96. The second-order valence-corrected chi connectivity index (χ2v) is 4.17. The lowest BCUT2D eigenvalue weighted by Gasteiger charge is -2.08. The van der Waals surface area contributed by atoms with Crippen LogP contribution in [0.25, 0.3) is 0 Å². The van der Waals surface area contributed by atoms with Crippen molar-refractivity contribution in [1.82, 2.24) is 5.32 Å². The fourth-order valence-electron chi connectivity index (χ4n) is 1.43. The molecule has 0 aromatic heterocycles. The Morgan fingerprint density at radius 3 is 2.58 bits per heavy atom.